The molecule has 0 bridgehead atoms. The summed E-state index contributed by atoms with van der Waals surface area (Å²) in [6, 6.07) is 15.6. The fraction of sp³-hybridized carbons (Fsp3) is 0.433. The van der Waals surface area contributed by atoms with E-state index in [1.807, 2.05) is 24.3 Å². The first-order valence-corrected chi connectivity index (χ1v) is 13.6. The molecule has 2 aliphatic heterocycles. The first kappa shape index (κ1) is 24.7. The molecule has 2 N–H and O–H groups in total. The fourth-order valence-corrected chi connectivity index (χ4v) is 6.63. The van der Waals surface area contributed by atoms with Gasteiger partial charge in [0.2, 0.25) is 5.91 Å². The highest BCUT2D eigenvalue weighted by Crippen LogP contribution is 2.47. The highest BCUT2D eigenvalue weighted by molar-refractivity contribution is 5.95. The Hall–Kier alpha value is -3.65. The maximum Gasteiger partial charge on any atom is 0.251 e. The summed E-state index contributed by atoms with van der Waals surface area (Å²) in [5.74, 6) is 0.753. The van der Waals surface area contributed by atoms with Gasteiger partial charge in [-0.05, 0) is 43.0 Å². The van der Waals surface area contributed by atoms with Crippen LogP contribution < -0.4 is 10.6 Å². The maximum atomic E-state index is 14.1. The van der Waals surface area contributed by atoms with Crippen LogP contribution in [0.15, 0.2) is 65.5 Å². The number of methoxy groups -OCH3 is 1. The first-order valence-electron chi connectivity index (χ1n) is 13.6. The van der Waals surface area contributed by atoms with Crippen LogP contribution in [0.1, 0.15) is 54.1 Å². The lowest BCUT2D eigenvalue weighted by atomic mass is 9.81. The Morgan fingerprint density at radius 1 is 1.11 bits per heavy atom. The van der Waals surface area contributed by atoms with Crippen molar-refractivity contribution in [2.45, 2.75) is 50.2 Å². The van der Waals surface area contributed by atoms with E-state index in [0.29, 0.717) is 23.8 Å². The third kappa shape index (κ3) is 4.58. The molecule has 0 spiro atoms. The maximum absolute atomic E-state index is 14.1. The van der Waals surface area contributed by atoms with Gasteiger partial charge in [-0.15, -0.1) is 0 Å². The lowest BCUT2D eigenvalue weighted by Gasteiger charge is -2.41. The van der Waals surface area contributed by atoms with E-state index in [1.54, 1.807) is 25.4 Å². The van der Waals surface area contributed by atoms with E-state index in [1.165, 1.54) is 12.0 Å². The summed E-state index contributed by atoms with van der Waals surface area (Å²) in [7, 11) is 1.73. The number of nitrogens with one attached hydrogen (secondary N) is 2. The van der Waals surface area contributed by atoms with Crippen LogP contribution in [-0.4, -0.2) is 54.0 Å². The molecular weight excluding hydrogens is 480 g/mol. The zero-order valence-corrected chi connectivity index (χ0v) is 21.6. The van der Waals surface area contributed by atoms with E-state index >= 15 is 0 Å². The van der Waals surface area contributed by atoms with Crippen LogP contribution in [0.5, 0.6) is 0 Å². The number of fused-ring (bicyclic) bond motifs is 3. The number of ether oxygens (including phenoxy) is 1. The number of para-hydroxylation sites is 1. The number of benzene rings is 2. The number of oxazole rings is 1. The second kappa shape index (κ2) is 10.6. The minimum Gasteiger partial charge on any atom is -0.444 e. The smallest absolute Gasteiger partial charge is 0.251 e. The van der Waals surface area contributed by atoms with Gasteiger partial charge in [0.05, 0.1) is 30.8 Å². The van der Waals surface area contributed by atoms with Gasteiger partial charge in [-0.25, -0.2) is 4.98 Å². The fourth-order valence-electron chi connectivity index (χ4n) is 6.63. The van der Waals surface area contributed by atoms with E-state index in [2.05, 4.69) is 32.7 Å². The van der Waals surface area contributed by atoms with Crippen LogP contribution in [0, 0.1) is 11.8 Å². The highest BCUT2D eigenvalue weighted by atomic mass is 16.5. The summed E-state index contributed by atoms with van der Waals surface area (Å²) >= 11 is 0. The summed E-state index contributed by atoms with van der Waals surface area (Å²) in [4.78, 5) is 33.4. The third-order valence-electron chi connectivity index (χ3n) is 8.47. The van der Waals surface area contributed by atoms with Crippen LogP contribution in [-0.2, 0) is 9.53 Å². The summed E-state index contributed by atoms with van der Waals surface area (Å²) in [6.07, 6.45) is 7.59. The Balaban J connectivity index is 1.20. The Morgan fingerprint density at radius 2 is 1.92 bits per heavy atom. The Morgan fingerprint density at radius 3 is 2.71 bits per heavy atom. The number of anilines is 1. The summed E-state index contributed by atoms with van der Waals surface area (Å²) in [5.41, 5.74) is 3.69. The zero-order valence-electron chi connectivity index (χ0n) is 21.6. The molecule has 38 heavy (non-hydrogen) atoms. The largest absolute Gasteiger partial charge is 0.444 e. The third-order valence-corrected chi connectivity index (χ3v) is 8.47. The lowest BCUT2D eigenvalue weighted by Crippen LogP contribution is -2.50. The molecule has 3 aliphatic rings. The van der Waals surface area contributed by atoms with Gasteiger partial charge in [0, 0.05) is 42.4 Å². The van der Waals surface area contributed by atoms with E-state index in [4.69, 9.17) is 9.15 Å². The molecule has 2 fully saturated rings. The van der Waals surface area contributed by atoms with Gasteiger partial charge in [-0.2, -0.15) is 0 Å². The molecule has 2 aromatic carbocycles. The number of rotatable bonds is 6. The molecule has 198 valence electrons. The number of likely N-dealkylation sites (tertiary alicyclic amines) is 1. The van der Waals surface area contributed by atoms with Gasteiger partial charge in [-0.1, -0.05) is 43.2 Å². The van der Waals surface area contributed by atoms with Crippen LogP contribution in [0.2, 0.25) is 0 Å². The van der Waals surface area contributed by atoms with Crippen molar-refractivity contribution in [3.8, 4) is 11.3 Å². The van der Waals surface area contributed by atoms with Crippen molar-refractivity contribution in [2.75, 3.05) is 25.6 Å². The highest BCUT2D eigenvalue weighted by Gasteiger charge is 2.48. The van der Waals surface area contributed by atoms with E-state index in [0.717, 1.165) is 49.9 Å². The van der Waals surface area contributed by atoms with Crippen molar-refractivity contribution in [1.29, 1.82) is 0 Å². The molecule has 1 aliphatic carbocycles. The number of carbonyl (C=O) groups excluding carboxylic acids is 2. The number of hydrogen-bond donors (Lipinski definition) is 2. The average molecular weight is 515 g/mol. The minimum absolute atomic E-state index is 0.0296. The molecule has 3 aromatic rings. The predicted octanol–water partition coefficient (Wildman–Crippen LogP) is 4.66. The standard InChI is InChI=1S/C30H34N4O4/c1-37-17-26-22-14-15-34(28(22)21-6-2-4-8-24(21)32-26)30(36)23-7-3-5-9-25(23)33-29(35)20-12-10-19(11-13-20)27-16-31-18-38-27/h2,4,6,8,10-13,16,18,22-23,25-26,28,32H,3,5,7,9,14-15,17H2,1H3,(H,33,35)/t22-,23-,25+,26-,28-/m0/s1. The van der Waals surface area contributed by atoms with Crippen molar-refractivity contribution in [2.24, 2.45) is 11.8 Å². The molecule has 8 nitrogen and oxygen atoms in total. The molecule has 3 heterocycles. The summed E-state index contributed by atoms with van der Waals surface area (Å²) in [5, 5.41) is 6.85. The predicted molar refractivity (Wildman–Crippen MR) is 143 cm³/mol. The SMILES string of the molecule is COC[C@@H]1Nc2ccccc2[C@H]2[C@H]1CCN2C(=O)[C@H]1CCCC[C@H]1NC(=O)c1ccc(-c2cnco2)cc1. The Labute approximate surface area is 222 Å². The van der Waals surface area contributed by atoms with Crippen LogP contribution in [0.25, 0.3) is 11.3 Å². The monoisotopic (exact) mass is 514 g/mol. The molecule has 1 saturated carbocycles. The van der Waals surface area contributed by atoms with E-state index in [-0.39, 0.29) is 35.9 Å². The molecule has 1 saturated heterocycles. The van der Waals surface area contributed by atoms with Crippen LogP contribution in [0.3, 0.4) is 0 Å². The Kier molecular flexibility index (Phi) is 6.89. The van der Waals surface area contributed by atoms with Gasteiger partial charge in [0.25, 0.3) is 5.91 Å². The normalized spacial score (nSPS) is 26.2. The van der Waals surface area contributed by atoms with Gasteiger partial charge in [-0.3, -0.25) is 9.59 Å². The number of hydrogen-bond acceptors (Lipinski definition) is 6. The van der Waals surface area contributed by atoms with Crippen molar-refractivity contribution >= 4 is 17.5 Å². The molecule has 5 atom stereocenters. The number of amides is 2. The molecule has 1 aromatic heterocycles. The molecule has 0 unspecified atom stereocenters. The number of nitrogens with zero attached hydrogens (tertiary/aromatic N) is 2. The molecule has 0 radical (unpaired) electrons. The molecule has 2 amide bonds. The van der Waals surface area contributed by atoms with Gasteiger partial charge >= 0.3 is 0 Å². The lowest BCUT2D eigenvalue weighted by molar-refractivity contribution is -0.139. The van der Waals surface area contributed by atoms with Gasteiger partial charge in [0.1, 0.15) is 0 Å². The van der Waals surface area contributed by atoms with Crippen molar-refractivity contribution in [3.05, 3.63) is 72.2 Å². The van der Waals surface area contributed by atoms with Crippen LogP contribution >= 0.6 is 0 Å². The summed E-state index contributed by atoms with van der Waals surface area (Å²) < 4.78 is 10.9. The van der Waals surface area contributed by atoms with Crippen molar-refractivity contribution < 1.29 is 18.7 Å². The minimum atomic E-state index is -0.220. The average Bonchev–Trinajstić information content (AvgIpc) is 3.65. The quantitative estimate of drug-likeness (QED) is 0.497. The number of aromatic nitrogens is 1. The first-order chi connectivity index (χ1) is 18.6. The van der Waals surface area contributed by atoms with Gasteiger partial charge < -0.3 is 24.7 Å². The summed E-state index contributed by atoms with van der Waals surface area (Å²) in [6.45, 7) is 1.33. The second-order valence-corrected chi connectivity index (χ2v) is 10.6. The Bertz CT molecular complexity index is 1280. The van der Waals surface area contributed by atoms with Crippen molar-refractivity contribution in [1.82, 2.24) is 15.2 Å². The zero-order chi connectivity index (χ0) is 26.1. The molecular formula is C30H34N4O4. The van der Waals surface area contributed by atoms with Gasteiger partial charge in [0.15, 0.2) is 12.2 Å². The van der Waals surface area contributed by atoms with E-state index < -0.39 is 0 Å². The van der Waals surface area contributed by atoms with E-state index in [9.17, 15) is 9.59 Å². The van der Waals surface area contributed by atoms with Crippen molar-refractivity contribution in [3.63, 3.8) is 0 Å². The molecule has 8 heteroatoms. The topological polar surface area (TPSA) is 96.7 Å². The van der Waals surface area contributed by atoms with Crippen LogP contribution in [0.4, 0.5) is 5.69 Å². The number of carbonyl (C=O) groups is 2. The molecule has 6 rings (SSSR count). The second-order valence-electron chi connectivity index (χ2n) is 10.6.